The lowest BCUT2D eigenvalue weighted by molar-refractivity contribution is -0.122. The van der Waals surface area contributed by atoms with Crippen LogP contribution in [-0.4, -0.2) is 26.5 Å². The van der Waals surface area contributed by atoms with Crippen molar-refractivity contribution in [1.29, 1.82) is 0 Å². The van der Waals surface area contributed by atoms with Crippen molar-refractivity contribution in [3.05, 3.63) is 41.2 Å². The molecule has 0 aliphatic carbocycles. The maximum atomic E-state index is 11.8. The minimum atomic E-state index is -0.697. The fourth-order valence-electron chi connectivity index (χ4n) is 1.46. The normalized spacial score (nSPS) is 12.1. The van der Waals surface area contributed by atoms with Gasteiger partial charge in [-0.15, -0.1) is 10.2 Å². The molecule has 4 N–H and O–H groups in total. The summed E-state index contributed by atoms with van der Waals surface area (Å²) in [7, 11) is 0. The molecule has 1 amide bonds. The van der Waals surface area contributed by atoms with Gasteiger partial charge in [-0.2, -0.15) is 5.21 Å². The van der Waals surface area contributed by atoms with Crippen molar-refractivity contribution < 1.29 is 4.79 Å². The van der Waals surface area contributed by atoms with Crippen molar-refractivity contribution in [3.8, 4) is 0 Å². The number of aromatic nitrogens is 4. The molecular formula is C11H14N6O. The van der Waals surface area contributed by atoms with E-state index in [0.717, 1.165) is 11.1 Å². The van der Waals surface area contributed by atoms with Crippen LogP contribution in [0.15, 0.2) is 24.3 Å². The molecule has 1 aromatic carbocycles. The zero-order valence-corrected chi connectivity index (χ0v) is 9.92. The monoisotopic (exact) mass is 246 g/mol. The van der Waals surface area contributed by atoms with Gasteiger partial charge in [0.05, 0.1) is 6.54 Å². The zero-order chi connectivity index (χ0) is 13.0. The van der Waals surface area contributed by atoms with E-state index in [-0.39, 0.29) is 12.5 Å². The van der Waals surface area contributed by atoms with E-state index in [1.807, 2.05) is 31.2 Å². The van der Waals surface area contributed by atoms with E-state index >= 15 is 0 Å². The minimum absolute atomic E-state index is 0.203. The summed E-state index contributed by atoms with van der Waals surface area (Å²) in [6.45, 7) is 2.18. The number of benzene rings is 1. The number of carbonyl (C=O) groups excluding carboxylic acids is 1. The first-order valence-electron chi connectivity index (χ1n) is 5.49. The fourth-order valence-corrected chi connectivity index (χ4v) is 1.46. The topological polar surface area (TPSA) is 110 Å². The molecule has 0 aliphatic rings. The molecule has 18 heavy (non-hydrogen) atoms. The number of nitrogens with two attached hydrogens (primary N) is 1. The number of amides is 1. The van der Waals surface area contributed by atoms with Crippen molar-refractivity contribution in [2.75, 3.05) is 0 Å². The second kappa shape index (κ2) is 5.37. The summed E-state index contributed by atoms with van der Waals surface area (Å²) in [6.07, 6.45) is 0. The van der Waals surface area contributed by atoms with Gasteiger partial charge in [-0.3, -0.25) is 4.79 Å². The Labute approximate surface area is 104 Å². The molecule has 0 saturated heterocycles. The Hall–Kier alpha value is -2.28. The van der Waals surface area contributed by atoms with Crippen molar-refractivity contribution in [3.63, 3.8) is 0 Å². The number of nitrogens with zero attached hydrogens (tertiary/aromatic N) is 3. The van der Waals surface area contributed by atoms with Crippen LogP contribution in [-0.2, 0) is 11.3 Å². The molecule has 0 bridgehead atoms. The predicted octanol–water partition coefficient (Wildman–Crippen LogP) is -0.176. The number of tetrazole rings is 1. The van der Waals surface area contributed by atoms with Crippen molar-refractivity contribution in [1.82, 2.24) is 25.9 Å². The maximum Gasteiger partial charge on any atom is 0.241 e. The van der Waals surface area contributed by atoms with E-state index in [1.54, 1.807) is 0 Å². The first kappa shape index (κ1) is 12.2. The first-order chi connectivity index (χ1) is 8.66. The van der Waals surface area contributed by atoms with Gasteiger partial charge in [-0.1, -0.05) is 35.0 Å². The second-order valence-corrected chi connectivity index (χ2v) is 3.93. The van der Waals surface area contributed by atoms with Crippen LogP contribution in [0.1, 0.15) is 23.0 Å². The molecule has 1 aromatic heterocycles. The van der Waals surface area contributed by atoms with E-state index in [9.17, 15) is 4.79 Å². The van der Waals surface area contributed by atoms with E-state index in [1.165, 1.54) is 0 Å². The molecule has 0 spiro atoms. The lowest BCUT2D eigenvalue weighted by Crippen LogP contribution is -2.33. The van der Waals surface area contributed by atoms with E-state index < -0.39 is 6.04 Å². The van der Waals surface area contributed by atoms with Crippen LogP contribution in [0.5, 0.6) is 0 Å². The lowest BCUT2D eigenvalue weighted by atomic mass is 10.1. The van der Waals surface area contributed by atoms with Gasteiger partial charge in [-0.25, -0.2) is 0 Å². The van der Waals surface area contributed by atoms with Gasteiger partial charge in [-0.05, 0) is 12.5 Å². The highest BCUT2D eigenvalue weighted by molar-refractivity contribution is 5.82. The van der Waals surface area contributed by atoms with Crippen molar-refractivity contribution in [2.24, 2.45) is 5.73 Å². The van der Waals surface area contributed by atoms with Crippen LogP contribution in [0.25, 0.3) is 0 Å². The van der Waals surface area contributed by atoms with E-state index in [2.05, 4.69) is 25.9 Å². The van der Waals surface area contributed by atoms with Crippen molar-refractivity contribution in [2.45, 2.75) is 19.5 Å². The third-order valence-electron chi connectivity index (χ3n) is 2.53. The lowest BCUT2D eigenvalue weighted by Gasteiger charge is -2.11. The van der Waals surface area contributed by atoms with E-state index in [0.29, 0.717) is 5.82 Å². The molecule has 0 radical (unpaired) electrons. The minimum Gasteiger partial charge on any atom is -0.347 e. The number of nitrogens with one attached hydrogen (secondary N) is 2. The molecule has 2 aromatic rings. The summed E-state index contributed by atoms with van der Waals surface area (Å²) in [5.41, 5.74) is 7.74. The van der Waals surface area contributed by atoms with Gasteiger partial charge in [0.25, 0.3) is 0 Å². The molecule has 0 aliphatic heterocycles. The van der Waals surface area contributed by atoms with Crippen LogP contribution in [0, 0.1) is 6.92 Å². The zero-order valence-electron chi connectivity index (χ0n) is 9.92. The molecule has 94 valence electrons. The Morgan fingerprint density at radius 2 is 2.17 bits per heavy atom. The van der Waals surface area contributed by atoms with Crippen LogP contribution >= 0.6 is 0 Å². The molecular weight excluding hydrogens is 232 g/mol. The van der Waals surface area contributed by atoms with Gasteiger partial charge in [0.15, 0.2) is 5.82 Å². The van der Waals surface area contributed by atoms with Crippen molar-refractivity contribution >= 4 is 5.91 Å². The quantitative estimate of drug-likeness (QED) is 0.693. The Balaban J connectivity index is 1.94. The number of hydrogen-bond donors (Lipinski definition) is 3. The molecule has 7 heteroatoms. The number of H-pyrrole nitrogens is 1. The Kier molecular flexibility index (Phi) is 3.63. The number of carbonyl (C=O) groups is 1. The standard InChI is InChI=1S/C11H14N6O/c1-7-2-4-8(5-3-7)10(12)11(18)13-6-9-14-16-17-15-9/h2-5,10H,6,12H2,1H3,(H,13,18)(H,14,15,16,17). The van der Waals surface area contributed by atoms with Crippen LogP contribution < -0.4 is 11.1 Å². The summed E-state index contributed by atoms with van der Waals surface area (Å²) in [5.74, 6) is 0.142. The molecule has 7 nitrogen and oxygen atoms in total. The van der Waals surface area contributed by atoms with Gasteiger partial charge >= 0.3 is 0 Å². The Morgan fingerprint density at radius 3 is 2.78 bits per heavy atom. The average molecular weight is 246 g/mol. The van der Waals surface area contributed by atoms with Crippen LogP contribution in [0.4, 0.5) is 0 Å². The maximum absolute atomic E-state index is 11.8. The fraction of sp³-hybridized carbons (Fsp3) is 0.273. The molecule has 2 rings (SSSR count). The summed E-state index contributed by atoms with van der Waals surface area (Å²) < 4.78 is 0. The second-order valence-electron chi connectivity index (χ2n) is 3.93. The highest BCUT2D eigenvalue weighted by Gasteiger charge is 2.15. The molecule has 0 saturated carbocycles. The van der Waals surface area contributed by atoms with Gasteiger partial charge in [0, 0.05) is 0 Å². The number of rotatable bonds is 4. The summed E-state index contributed by atoms with van der Waals surface area (Å²) >= 11 is 0. The number of aromatic amines is 1. The number of hydrogen-bond acceptors (Lipinski definition) is 5. The van der Waals surface area contributed by atoms with Crippen LogP contribution in [0.3, 0.4) is 0 Å². The SMILES string of the molecule is Cc1ccc(C(N)C(=O)NCc2nn[nH]n2)cc1. The average Bonchev–Trinajstić information content (AvgIpc) is 2.89. The first-order valence-corrected chi connectivity index (χ1v) is 5.49. The predicted molar refractivity (Wildman–Crippen MR) is 64.1 cm³/mol. The van der Waals surface area contributed by atoms with Gasteiger partial charge in [0.1, 0.15) is 6.04 Å². The summed E-state index contributed by atoms with van der Waals surface area (Å²) in [4.78, 5) is 11.8. The Morgan fingerprint density at radius 1 is 1.44 bits per heavy atom. The highest BCUT2D eigenvalue weighted by Crippen LogP contribution is 2.11. The molecule has 1 atom stereocenters. The third kappa shape index (κ3) is 2.89. The van der Waals surface area contributed by atoms with Crippen LogP contribution in [0.2, 0.25) is 0 Å². The molecule has 1 unspecified atom stereocenters. The largest absolute Gasteiger partial charge is 0.347 e. The summed E-state index contributed by atoms with van der Waals surface area (Å²) in [5, 5.41) is 15.8. The van der Waals surface area contributed by atoms with Gasteiger partial charge in [0.2, 0.25) is 5.91 Å². The molecule has 0 fully saturated rings. The molecule has 1 heterocycles. The Bertz CT molecular complexity index is 507. The third-order valence-corrected chi connectivity index (χ3v) is 2.53. The van der Waals surface area contributed by atoms with E-state index in [4.69, 9.17) is 5.73 Å². The number of aryl methyl sites for hydroxylation is 1. The smallest absolute Gasteiger partial charge is 0.241 e. The van der Waals surface area contributed by atoms with Gasteiger partial charge < -0.3 is 11.1 Å². The summed E-state index contributed by atoms with van der Waals surface area (Å²) in [6, 6.07) is 6.82. The highest BCUT2D eigenvalue weighted by atomic mass is 16.2.